The number of rotatable bonds is 5. The molecule has 0 radical (unpaired) electrons. The normalized spacial score (nSPS) is 11.6. The summed E-state index contributed by atoms with van der Waals surface area (Å²) in [6.07, 6.45) is 0. The highest BCUT2D eigenvalue weighted by Crippen LogP contribution is 2.41. The van der Waals surface area contributed by atoms with Gasteiger partial charge in [0.25, 0.3) is 0 Å². The molecule has 0 amide bonds. The Hall–Kier alpha value is -6.64. The van der Waals surface area contributed by atoms with Crippen LogP contribution in [-0.4, -0.2) is 4.57 Å². The van der Waals surface area contributed by atoms with Crippen molar-refractivity contribution in [2.75, 3.05) is 4.90 Å². The summed E-state index contributed by atoms with van der Waals surface area (Å²) in [5.74, 6) is 0. The molecule has 0 bridgehead atoms. The Labute approximate surface area is 290 Å². The van der Waals surface area contributed by atoms with Gasteiger partial charge in [0.1, 0.15) is 0 Å². The Bertz CT molecular complexity index is 2850. The second-order valence-corrected chi connectivity index (χ2v) is 13.0. The summed E-state index contributed by atoms with van der Waals surface area (Å²) in [5, 5.41) is 10.2. The number of para-hydroxylation sites is 3. The highest BCUT2D eigenvalue weighted by molar-refractivity contribution is 6.19. The molecule has 50 heavy (non-hydrogen) atoms. The summed E-state index contributed by atoms with van der Waals surface area (Å²) in [4.78, 5) is 2.36. The third kappa shape index (κ3) is 4.50. The first-order valence-electron chi connectivity index (χ1n) is 17.2. The molecule has 0 atom stereocenters. The Kier molecular flexibility index (Phi) is 6.53. The molecule has 0 unspecified atom stereocenters. The summed E-state index contributed by atoms with van der Waals surface area (Å²) in [7, 11) is 0. The maximum Gasteiger partial charge on any atom is 0.0561 e. The fourth-order valence-electron chi connectivity index (χ4n) is 7.88. The lowest BCUT2D eigenvalue weighted by atomic mass is 9.92. The minimum atomic E-state index is 1.11. The van der Waals surface area contributed by atoms with Crippen molar-refractivity contribution in [3.63, 3.8) is 0 Å². The molecule has 10 rings (SSSR count). The molecular formula is C48H32N2. The van der Waals surface area contributed by atoms with Gasteiger partial charge in [-0.05, 0) is 98.0 Å². The van der Waals surface area contributed by atoms with Crippen LogP contribution in [0.2, 0.25) is 0 Å². The number of benzene rings is 9. The number of hydrogen-bond acceptors (Lipinski definition) is 1. The van der Waals surface area contributed by atoms with Crippen LogP contribution >= 0.6 is 0 Å². The molecule has 0 aliphatic rings. The van der Waals surface area contributed by atoms with Crippen LogP contribution in [0.25, 0.3) is 70.9 Å². The number of hydrogen-bond donors (Lipinski definition) is 0. The van der Waals surface area contributed by atoms with Gasteiger partial charge in [0, 0.05) is 33.5 Å². The first-order chi connectivity index (χ1) is 24.8. The van der Waals surface area contributed by atoms with Gasteiger partial charge in [-0.2, -0.15) is 0 Å². The molecule has 0 saturated carbocycles. The third-order valence-corrected chi connectivity index (χ3v) is 10.2. The molecule has 0 N–H and O–H groups in total. The Morgan fingerprint density at radius 1 is 0.320 bits per heavy atom. The van der Waals surface area contributed by atoms with Crippen LogP contribution in [0.15, 0.2) is 194 Å². The minimum absolute atomic E-state index is 1.11. The average molecular weight is 637 g/mol. The van der Waals surface area contributed by atoms with Crippen molar-refractivity contribution in [3.8, 4) is 16.8 Å². The molecule has 9 aromatic carbocycles. The van der Waals surface area contributed by atoms with E-state index < -0.39 is 0 Å². The summed E-state index contributed by atoms with van der Waals surface area (Å²) >= 11 is 0. The van der Waals surface area contributed by atoms with Crippen molar-refractivity contribution < 1.29 is 0 Å². The van der Waals surface area contributed by atoms with Gasteiger partial charge in [0.2, 0.25) is 0 Å². The molecule has 0 aliphatic heterocycles. The second-order valence-electron chi connectivity index (χ2n) is 13.0. The number of nitrogens with zero attached hydrogens (tertiary/aromatic N) is 2. The molecule has 2 heteroatoms. The zero-order valence-electron chi connectivity index (χ0n) is 27.4. The van der Waals surface area contributed by atoms with E-state index in [0.29, 0.717) is 0 Å². The zero-order chi connectivity index (χ0) is 33.0. The molecule has 234 valence electrons. The largest absolute Gasteiger partial charge is 0.310 e. The second kappa shape index (κ2) is 11.5. The van der Waals surface area contributed by atoms with Gasteiger partial charge in [-0.3, -0.25) is 0 Å². The number of aromatic nitrogens is 1. The van der Waals surface area contributed by atoms with Crippen molar-refractivity contribution in [1.29, 1.82) is 0 Å². The quantitative estimate of drug-likeness (QED) is 0.171. The van der Waals surface area contributed by atoms with Gasteiger partial charge in [-0.25, -0.2) is 0 Å². The molecule has 1 heterocycles. The molecule has 10 aromatic rings. The number of fused-ring (bicyclic) bond motifs is 8. The highest BCUT2D eigenvalue weighted by Gasteiger charge is 2.18. The predicted molar refractivity (Wildman–Crippen MR) is 213 cm³/mol. The maximum atomic E-state index is 2.38. The summed E-state index contributed by atoms with van der Waals surface area (Å²) in [6, 6.07) is 70.4. The van der Waals surface area contributed by atoms with Gasteiger partial charge < -0.3 is 9.47 Å². The maximum absolute atomic E-state index is 2.38. The zero-order valence-corrected chi connectivity index (χ0v) is 27.4. The molecular weight excluding hydrogens is 605 g/mol. The average Bonchev–Trinajstić information content (AvgIpc) is 3.52. The first-order valence-corrected chi connectivity index (χ1v) is 17.2. The Balaban J connectivity index is 1.11. The van der Waals surface area contributed by atoms with E-state index in [-0.39, 0.29) is 0 Å². The monoisotopic (exact) mass is 636 g/mol. The van der Waals surface area contributed by atoms with E-state index in [2.05, 4.69) is 204 Å². The summed E-state index contributed by atoms with van der Waals surface area (Å²) in [6.45, 7) is 0. The van der Waals surface area contributed by atoms with E-state index >= 15 is 0 Å². The predicted octanol–water partition coefficient (Wildman–Crippen LogP) is 13.4. The molecule has 0 fully saturated rings. The topological polar surface area (TPSA) is 8.17 Å². The van der Waals surface area contributed by atoms with Crippen molar-refractivity contribution in [2.45, 2.75) is 0 Å². The van der Waals surface area contributed by atoms with Gasteiger partial charge in [-0.1, -0.05) is 140 Å². The smallest absolute Gasteiger partial charge is 0.0561 e. The Morgan fingerprint density at radius 2 is 0.880 bits per heavy atom. The highest BCUT2D eigenvalue weighted by atomic mass is 15.1. The van der Waals surface area contributed by atoms with Crippen molar-refractivity contribution >= 4 is 71.2 Å². The molecule has 0 aliphatic carbocycles. The van der Waals surface area contributed by atoms with Crippen molar-refractivity contribution in [2.24, 2.45) is 0 Å². The Morgan fingerprint density at radius 3 is 1.72 bits per heavy atom. The van der Waals surface area contributed by atoms with Gasteiger partial charge in [-0.15, -0.1) is 0 Å². The minimum Gasteiger partial charge on any atom is -0.310 e. The third-order valence-electron chi connectivity index (χ3n) is 10.2. The molecule has 0 spiro atoms. The number of anilines is 3. The van der Waals surface area contributed by atoms with Gasteiger partial charge in [0.05, 0.1) is 11.0 Å². The fraction of sp³-hybridized carbons (Fsp3) is 0. The SMILES string of the molecule is c1ccc(N(c2ccc(-c3cccc4c3ccc3c5ccccc5ccc43)cc2)c2ccc3c4ccccc4n(-c4ccccc4)c3c2)cc1. The van der Waals surface area contributed by atoms with E-state index in [9.17, 15) is 0 Å². The van der Waals surface area contributed by atoms with Gasteiger partial charge >= 0.3 is 0 Å². The van der Waals surface area contributed by atoms with E-state index in [1.165, 1.54) is 65.3 Å². The van der Waals surface area contributed by atoms with Crippen LogP contribution in [0.1, 0.15) is 0 Å². The molecule has 2 nitrogen and oxygen atoms in total. The lowest BCUT2D eigenvalue weighted by Crippen LogP contribution is -2.10. The molecule has 1 aromatic heterocycles. The van der Waals surface area contributed by atoms with E-state index in [1.807, 2.05) is 0 Å². The van der Waals surface area contributed by atoms with Crippen LogP contribution in [0.4, 0.5) is 17.1 Å². The van der Waals surface area contributed by atoms with Gasteiger partial charge in [0.15, 0.2) is 0 Å². The van der Waals surface area contributed by atoms with Crippen LogP contribution in [0.3, 0.4) is 0 Å². The van der Waals surface area contributed by atoms with E-state index in [1.54, 1.807) is 0 Å². The van der Waals surface area contributed by atoms with Crippen molar-refractivity contribution in [3.05, 3.63) is 194 Å². The van der Waals surface area contributed by atoms with Crippen LogP contribution in [0, 0.1) is 0 Å². The van der Waals surface area contributed by atoms with Crippen LogP contribution in [-0.2, 0) is 0 Å². The van der Waals surface area contributed by atoms with Crippen LogP contribution in [0.5, 0.6) is 0 Å². The van der Waals surface area contributed by atoms with E-state index in [4.69, 9.17) is 0 Å². The lowest BCUT2D eigenvalue weighted by Gasteiger charge is -2.26. The lowest BCUT2D eigenvalue weighted by molar-refractivity contribution is 1.18. The molecule has 0 saturated heterocycles. The van der Waals surface area contributed by atoms with Crippen molar-refractivity contribution in [1.82, 2.24) is 4.57 Å². The fourth-order valence-corrected chi connectivity index (χ4v) is 7.88. The summed E-state index contributed by atoms with van der Waals surface area (Å²) < 4.78 is 2.38. The van der Waals surface area contributed by atoms with E-state index in [0.717, 1.165) is 22.7 Å². The summed E-state index contributed by atoms with van der Waals surface area (Å²) in [5.41, 5.74) is 9.32. The first kappa shape index (κ1) is 28.4. The van der Waals surface area contributed by atoms with Crippen LogP contribution < -0.4 is 4.90 Å². The standard InChI is InChI=1S/C48H32N2/c1-3-13-35(14-4-1)49(38-27-29-46-45-18-9-10-21-47(45)50(48(46)32-38)36-15-5-2-6-16-36)37-25-22-34(23-26-37)40-19-11-20-41-42(40)30-31-43-39-17-8-7-12-33(39)24-28-44(41)43/h1-32H.